The number of hydrogen-bond donors (Lipinski definition) is 0. The molecule has 0 bridgehead atoms. The van der Waals surface area contributed by atoms with Gasteiger partial charge < -0.3 is 4.74 Å². The van der Waals surface area contributed by atoms with E-state index in [0.29, 0.717) is 0 Å². The number of carbonyl (C=O) groups excluding carboxylic acids is 2. The monoisotopic (exact) mass is 178 g/mol. The third-order valence-electron chi connectivity index (χ3n) is 1.07. The molecule has 0 radical (unpaired) electrons. The van der Waals surface area contributed by atoms with Crippen LogP contribution in [-0.4, -0.2) is 23.2 Å². The molecular weight excluding hydrogens is 168 g/mol. The predicted molar refractivity (Wildman–Crippen MR) is 41.6 cm³/mol. The van der Waals surface area contributed by atoms with E-state index in [9.17, 15) is 9.59 Å². The zero-order valence-electron chi connectivity index (χ0n) is 6.81. The van der Waals surface area contributed by atoms with Gasteiger partial charge in [0.1, 0.15) is 4.87 Å². The first kappa shape index (κ1) is 10.4. The fraction of sp³-hybridized carbons (Fsp3) is 0.714. The van der Waals surface area contributed by atoms with E-state index in [4.69, 9.17) is 11.6 Å². The zero-order chi connectivity index (χ0) is 9.07. The Morgan fingerprint density at radius 1 is 1.45 bits per heavy atom. The average Bonchev–Trinajstić information content (AvgIpc) is 1.80. The van der Waals surface area contributed by atoms with Crippen LogP contribution in [0, 0.1) is 0 Å². The number of hydrogen-bond acceptors (Lipinski definition) is 3. The molecule has 0 aliphatic heterocycles. The van der Waals surface area contributed by atoms with Crippen LogP contribution in [0.4, 0.5) is 0 Å². The molecule has 0 aromatic rings. The van der Waals surface area contributed by atoms with Crippen molar-refractivity contribution in [2.24, 2.45) is 0 Å². The molecule has 64 valence electrons. The maximum atomic E-state index is 11.0. The molecule has 0 N–H and O–H groups in total. The molecule has 3 nitrogen and oxygen atoms in total. The van der Waals surface area contributed by atoms with Gasteiger partial charge in [-0.25, -0.2) is 0 Å². The van der Waals surface area contributed by atoms with E-state index in [1.165, 1.54) is 6.92 Å². The van der Waals surface area contributed by atoms with Gasteiger partial charge in [0.15, 0.2) is 12.4 Å². The molecule has 0 spiro atoms. The van der Waals surface area contributed by atoms with E-state index in [1.807, 2.05) is 0 Å². The lowest BCUT2D eigenvalue weighted by Crippen LogP contribution is -2.29. The molecule has 0 fully saturated rings. The highest BCUT2D eigenvalue weighted by Crippen LogP contribution is 2.13. The first-order valence-electron chi connectivity index (χ1n) is 3.19. The summed E-state index contributed by atoms with van der Waals surface area (Å²) in [6, 6.07) is 0. The van der Waals surface area contributed by atoms with Gasteiger partial charge in [0.05, 0.1) is 0 Å². The van der Waals surface area contributed by atoms with Gasteiger partial charge in [0.2, 0.25) is 0 Å². The second-order valence-electron chi connectivity index (χ2n) is 2.68. The largest absolute Gasteiger partial charge is 0.458 e. The van der Waals surface area contributed by atoms with Gasteiger partial charge in [-0.3, -0.25) is 9.59 Å². The first-order chi connectivity index (χ1) is 4.84. The van der Waals surface area contributed by atoms with Crippen LogP contribution in [0.5, 0.6) is 0 Å². The third kappa shape index (κ3) is 4.79. The minimum atomic E-state index is -0.949. The van der Waals surface area contributed by atoms with Crippen molar-refractivity contribution < 1.29 is 14.3 Å². The number of esters is 1. The van der Waals surface area contributed by atoms with E-state index >= 15 is 0 Å². The van der Waals surface area contributed by atoms with Crippen LogP contribution in [0.1, 0.15) is 20.8 Å². The lowest BCUT2D eigenvalue weighted by atomic mass is 10.1. The summed E-state index contributed by atoms with van der Waals surface area (Å²) in [6.45, 7) is 4.11. The Balaban J connectivity index is 3.80. The lowest BCUT2D eigenvalue weighted by Gasteiger charge is -2.12. The molecule has 0 aromatic carbocycles. The topological polar surface area (TPSA) is 43.4 Å². The number of rotatable bonds is 3. The molecule has 4 heteroatoms. The summed E-state index contributed by atoms with van der Waals surface area (Å²) in [7, 11) is 0. The van der Waals surface area contributed by atoms with Crippen molar-refractivity contribution in [2.75, 3.05) is 6.61 Å². The van der Waals surface area contributed by atoms with Crippen LogP contribution < -0.4 is 0 Å². The SMILES string of the molecule is CC(=O)OCC(=O)C(C)(C)Cl. The van der Waals surface area contributed by atoms with Crippen LogP contribution in [0.15, 0.2) is 0 Å². The second kappa shape index (κ2) is 3.72. The highest BCUT2D eigenvalue weighted by atomic mass is 35.5. The van der Waals surface area contributed by atoms with Crippen molar-refractivity contribution in [3.8, 4) is 0 Å². The number of carbonyl (C=O) groups is 2. The quantitative estimate of drug-likeness (QED) is 0.481. The summed E-state index contributed by atoms with van der Waals surface area (Å²) in [6.07, 6.45) is 0. The summed E-state index contributed by atoms with van der Waals surface area (Å²) in [5.41, 5.74) is 0. The number of Topliss-reactive ketones (excluding diaryl/α,β-unsaturated/α-hetero) is 1. The average molecular weight is 179 g/mol. The minimum absolute atomic E-state index is 0.244. The summed E-state index contributed by atoms with van der Waals surface area (Å²) in [5.74, 6) is -0.770. The molecule has 0 aliphatic rings. The Bertz CT molecular complexity index is 169. The van der Waals surface area contributed by atoms with Crippen LogP contribution in [-0.2, 0) is 14.3 Å². The highest BCUT2D eigenvalue weighted by Gasteiger charge is 2.24. The van der Waals surface area contributed by atoms with E-state index in [-0.39, 0.29) is 12.4 Å². The van der Waals surface area contributed by atoms with Gasteiger partial charge in [-0.05, 0) is 13.8 Å². The molecular formula is C7H11ClO3. The fourth-order valence-corrected chi connectivity index (χ4v) is 0.393. The van der Waals surface area contributed by atoms with Gasteiger partial charge in [-0.1, -0.05) is 0 Å². The smallest absolute Gasteiger partial charge is 0.303 e. The maximum Gasteiger partial charge on any atom is 0.303 e. The molecule has 0 aliphatic carbocycles. The Labute approximate surface area is 70.7 Å². The normalized spacial score (nSPS) is 10.9. The van der Waals surface area contributed by atoms with Crippen molar-refractivity contribution in [3.05, 3.63) is 0 Å². The van der Waals surface area contributed by atoms with Crippen molar-refractivity contribution in [2.45, 2.75) is 25.6 Å². The summed E-state index contributed by atoms with van der Waals surface area (Å²) >= 11 is 5.63. The molecule has 0 saturated heterocycles. The molecule has 0 amide bonds. The van der Waals surface area contributed by atoms with Crippen molar-refractivity contribution >= 4 is 23.4 Å². The summed E-state index contributed by atoms with van der Waals surface area (Å²) in [5, 5.41) is 0. The standard InChI is InChI=1S/C7H11ClO3/c1-5(9)11-4-6(10)7(2,3)8/h4H2,1-3H3. The van der Waals surface area contributed by atoms with Gasteiger partial charge in [-0.15, -0.1) is 11.6 Å². The fourth-order valence-electron chi connectivity index (χ4n) is 0.339. The van der Waals surface area contributed by atoms with Crippen LogP contribution in [0.25, 0.3) is 0 Å². The van der Waals surface area contributed by atoms with E-state index in [0.717, 1.165) is 0 Å². The van der Waals surface area contributed by atoms with Crippen LogP contribution in [0.2, 0.25) is 0 Å². The third-order valence-corrected chi connectivity index (χ3v) is 1.28. The number of alkyl halides is 1. The summed E-state index contributed by atoms with van der Waals surface area (Å²) < 4.78 is 4.46. The molecule has 11 heavy (non-hydrogen) atoms. The first-order valence-corrected chi connectivity index (χ1v) is 3.57. The van der Waals surface area contributed by atoms with Crippen LogP contribution in [0.3, 0.4) is 0 Å². The van der Waals surface area contributed by atoms with Gasteiger partial charge >= 0.3 is 5.97 Å². The van der Waals surface area contributed by atoms with E-state index in [1.54, 1.807) is 13.8 Å². The summed E-state index contributed by atoms with van der Waals surface area (Å²) in [4.78, 5) is 20.3. The molecule has 0 rings (SSSR count). The Hall–Kier alpha value is -0.570. The van der Waals surface area contributed by atoms with Crippen molar-refractivity contribution in [1.82, 2.24) is 0 Å². The molecule has 0 saturated carbocycles. The minimum Gasteiger partial charge on any atom is -0.458 e. The molecule has 0 unspecified atom stereocenters. The predicted octanol–water partition coefficient (Wildman–Crippen LogP) is 1.14. The number of ether oxygens (including phenoxy) is 1. The maximum absolute atomic E-state index is 11.0. The molecule has 0 aromatic heterocycles. The van der Waals surface area contributed by atoms with Gasteiger partial charge in [0, 0.05) is 6.92 Å². The second-order valence-corrected chi connectivity index (χ2v) is 3.62. The van der Waals surface area contributed by atoms with Gasteiger partial charge in [-0.2, -0.15) is 0 Å². The van der Waals surface area contributed by atoms with E-state index in [2.05, 4.69) is 4.74 Å². The van der Waals surface area contributed by atoms with E-state index < -0.39 is 10.8 Å². The lowest BCUT2D eigenvalue weighted by molar-refractivity contribution is -0.146. The molecule has 0 heterocycles. The number of halogens is 1. The molecule has 0 atom stereocenters. The Kier molecular flexibility index (Phi) is 3.52. The number of ketones is 1. The van der Waals surface area contributed by atoms with Crippen LogP contribution >= 0.6 is 11.6 Å². The Morgan fingerprint density at radius 3 is 2.18 bits per heavy atom. The Morgan fingerprint density at radius 2 is 1.91 bits per heavy atom. The van der Waals surface area contributed by atoms with Crippen molar-refractivity contribution in [1.29, 1.82) is 0 Å². The zero-order valence-corrected chi connectivity index (χ0v) is 7.57. The van der Waals surface area contributed by atoms with Gasteiger partial charge in [0.25, 0.3) is 0 Å². The van der Waals surface area contributed by atoms with Crippen molar-refractivity contribution in [3.63, 3.8) is 0 Å². The highest BCUT2D eigenvalue weighted by molar-refractivity contribution is 6.34.